The first-order valence-electron chi connectivity index (χ1n) is 8.21. The van der Waals surface area contributed by atoms with E-state index in [1.807, 2.05) is 0 Å². The maximum Gasteiger partial charge on any atom is 0.254 e. The number of aryl methyl sites for hydroxylation is 2. The molecule has 1 saturated heterocycles. The van der Waals surface area contributed by atoms with E-state index in [2.05, 4.69) is 9.97 Å². The SMILES string of the molecule is O=C(Cc1nc2c([nH]1)CCCC2)N1CCC2(CC1)CC2(F)F. The van der Waals surface area contributed by atoms with Crippen molar-refractivity contribution < 1.29 is 13.6 Å². The van der Waals surface area contributed by atoms with Crippen LogP contribution in [0, 0.1) is 5.41 Å². The van der Waals surface area contributed by atoms with Gasteiger partial charge in [0.1, 0.15) is 5.82 Å². The summed E-state index contributed by atoms with van der Waals surface area (Å²) < 4.78 is 26.7. The molecule has 1 aliphatic heterocycles. The highest BCUT2D eigenvalue weighted by Crippen LogP contribution is 2.65. The van der Waals surface area contributed by atoms with E-state index in [9.17, 15) is 13.6 Å². The monoisotopic (exact) mass is 309 g/mol. The van der Waals surface area contributed by atoms with Crippen molar-refractivity contribution in [1.29, 1.82) is 0 Å². The van der Waals surface area contributed by atoms with Crippen molar-refractivity contribution in [2.24, 2.45) is 5.41 Å². The molecule has 4 nitrogen and oxygen atoms in total. The molecule has 0 unspecified atom stereocenters. The summed E-state index contributed by atoms with van der Waals surface area (Å²) in [5.41, 5.74) is 1.47. The number of alkyl halides is 2. The van der Waals surface area contributed by atoms with Crippen LogP contribution in [0.2, 0.25) is 0 Å². The van der Waals surface area contributed by atoms with E-state index >= 15 is 0 Å². The predicted octanol–water partition coefficient (Wildman–Crippen LogP) is 2.48. The summed E-state index contributed by atoms with van der Waals surface area (Å²) in [5, 5.41) is 0. The molecule has 0 radical (unpaired) electrons. The Morgan fingerprint density at radius 3 is 2.55 bits per heavy atom. The van der Waals surface area contributed by atoms with E-state index in [0.717, 1.165) is 30.8 Å². The van der Waals surface area contributed by atoms with Crippen LogP contribution in [0.15, 0.2) is 0 Å². The Morgan fingerprint density at radius 2 is 1.91 bits per heavy atom. The summed E-state index contributed by atoms with van der Waals surface area (Å²) in [7, 11) is 0. The molecule has 6 heteroatoms. The lowest BCUT2D eigenvalue weighted by Gasteiger charge is -2.32. The van der Waals surface area contributed by atoms with Gasteiger partial charge in [0.25, 0.3) is 5.92 Å². The molecule has 0 aromatic carbocycles. The largest absolute Gasteiger partial charge is 0.345 e. The van der Waals surface area contributed by atoms with Crippen LogP contribution >= 0.6 is 0 Å². The topological polar surface area (TPSA) is 49.0 Å². The Morgan fingerprint density at radius 1 is 1.23 bits per heavy atom. The standard InChI is InChI=1S/C16H21F2N3O/c17-16(18)10-15(16)5-7-21(8-6-15)14(22)9-13-19-11-3-1-2-4-12(11)20-13/h1-10H2,(H,19,20). The summed E-state index contributed by atoms with van der Waals surface area (Å²) in [6.45, 7) is 0.906. The number of carbonyl (C=O) groups is 1. The lowest BCUT2D eigenvalue weighted by atomic mass is 9.92. The number of piperidine rings is 1. The van der Waals surface area contributed by atoms with Crippen LogP contribution in [-0.2, 0) is 24.1 Å². The number of H-pyrrole nitrogens is 1. The van der Waals surface area contributed by atoms with Gasteiger partial charge in [0, 0.05) is 30.6 Å². The second-order valence-corrected chi connectivity index (χ2v) is 7.03. The first kappa shape index (κ1) is 14.2. The van der Waals surface area contributed by atoms with Crippen molar-refractivity contribution in [2.75, 3.05) is 13.1 Å². The lowest BCUT2D eigenvalue weighted by Crippen LogP contribution is -2.41. The molecule has 0 bridgehead atoms. The van der Waals surface area contributed by atoms with Crippen molar-refractivity contribution in [3.63, 3.8) is 0 Å². The first-order chi connectivity index (χ1) is 10.5. The number of hydrogen-bond donors (Lipinski definition) is 1. The summed E-state index contributed by atoms with van der Waals surface area (Å²) in [4.78, 5) is 21.9. The number of rotatable bonds is 2. The molecule has 2 fully saturated rings. The summed E-state index contributed by atoms with van der Waals surface area (Å²) in [6, 6.07) is 0. The molecule has 1 aromatic rings. The summed E-state index contributed by atoms with van der Waals surface area (Å²) in [5.74, 6) is -1.76. The second kappa shape index (κ2) is 4.77. The number of amides is 1. The number of nitrogens with one attached hydrogen (secondary N) is 1. The van der Waals surface area contributed by atoms with Crippen LogP contribution in [0.25, 0.3) is 0 Å². The molecule has 1 N–H and O–H groups in total. The zero-order valence-corrected chi connectivity index (χ0v) is 12.6. The molecule has 2 aliphatic carbocycles. The average molecular weight is 309 g/mol. The number of hydrogen-bond acceptors (Lipinski definition) is 2. The smallest absolute Gasteiger partial charge is 0.254 e. The van der Waals surface area contributed by atoms with Gasteiger partial charge in [-0.3, -0.25) is 4.79 Å². The number of halogens is 2. The Bertz CT molecular complexity index is 579. The van der Waals surface area contributed by atoms with Crippen molar-refractivity contribution in [3.8, 4) is 0 Å². The number of fused-ring (bicyclic) bond motifs is 1. The van der Waals surface area contributed by atoms with Gasteiger partial charge in [0.05, 0.1) is 12.1 Å². The minimum atomic E-state index is -2.50. The van der Waals surface area contributed by atoms with E-state index in [4.69, 9.17) is 0 Å². The van der Waals surface area contributed by atoms with Gasteiger partial charge in [-0.25, -0.2) is 13.8 Å². The van der Waals surface area contributed by atoms with Crippen molar-refractivity contribution in [3.05, 3.63) is 17.2 Å². The summed E-state index contributed by atoms with van der Waals surface area (Å²) in [6.07, 6.45) is 5.46. The molecule has 1 saturated carbocycles. The maximum atomic E-state index is 13.4. The molecule has 1 aromatic heterocycles. The number of aromatic amines is 1. The highest BCUT2D eigenvalue weighted by Gasteiger charge is 2.70. The molecule has 1 spiro atoms. The van der Waals surface area contributed by atoms with Crippen LogP contribution in [0.3, 0.4) is 0 Å². The Kier molecular flexibility index (Phi) is 3.07. The molecular formula is C16H21F2N3O. The van der Waals surface area contributed by atoms with E-state index in [1.165, 1.54) is 12.1 Å². The van der Waals surface area contributed by atoms with Crippen molar-refractivity contribution in [2.45, 2.75) is 57.3 Å². The number of aromatic nitrogens is 2. The minimum Gasteiger partial charge on any atom is -0.345 e. The second-order valence-electron chi connectivity index (χ2n) is 7.03. The summed E-state index contributed by atoms with van der Waals surface area (Å²) >= 11 is 0. The number of likely N-dealkylation sites (tertiary alicyclic amines) is 1. The Balaban J connectivity index is 1.36. The molecule has 4 rings (SSSR count). The van der Waals surface area contributed by atoms with Crippen LogP contribution in [0.5, 0.6) is 0 Å². The molecule has 1 amide bonds. The predicted molar refractivity (Wildman–Crippen MR) is 76.7 cm³/mol. The zero-order valence-electron chi connectivity index (χ0n) is 12.6. The fourth-order valence-electron chi connectivity index (χ4n) is 3.96. The van der Waals surface area contributed by atoms with E-state index in [-0.39, 0.29) is 18.7 Å². The number of carbonyl (C=O) groups excluding carboxylic acids is 1. The van der Waals surface area contributed by atoms with Gasteiger partial charge >= 0.3 is 0 Å². The van der Waals surface area contributed by atoms with E-state index < -0.39 is 11.3 Å². The van der Waals surface area contributed by atoms with Gasteiger partial charge in [0.2, 0.25) is 5.91 Å². The molecule has 2 heterocycles. The molecule has 120 valence electrons. The van der Waals surface area contributed by atoms with Crippen LogP contribution in [0.4, 0.5) is 8.78 Å². The van der Waals surface area contributed by atoms with Gasteiger partial charge in [-0.1, -0.05) is 0 Å². The van der Waals surface area contributed by atoms with E-state index in [1.54, 1.807) is 4.90 Å². The zero-order chi connectivity index (χ0) is 15.4. The van der Waals surface area contributed by atoms with Gasteiger partial charge in [0.15, 0.2) is 0 Å². The average Bonchev–Trinajstić information content (AvgIpc) is 2.83. The molecule has 22 heavy (non-hydrogen) atoms. The quantitative estimate of drug-likeness (QED) is 0.912. The Hall–Kier alpha value is -1.46. The van der Waals surface area contributed by atoms with Crippen LogP contribution in [-0.4, -0.2) is 39.8 Å². The third kappa shape index (κ3) is 2.23. The molecule has 3 aliphatic rings. The first-order valence-corrected chi connectivity index (χ1v) is 8.21. The molecular weight excluding hydrogens is 288 g/mol. The van der Waals surface area contributed by atoms with Crippen molar-refractivity contribution in [1.82, 2.24) is 14.9 Å². The van der Waals surface area contributed by atoms with Crippen molar-refractivity contribution >= 4 is 5.91 Å². The minimum absolute atomic E-state index is 0.00455. The fourth-order valence-corrected chi connectivity index (χ4v) is 3.96. The van der Waals surface area contributed by atoms with Gasteiger partial charge in [-0.05, 0) is 38.5 Å². The number of imidazole rings is 1. The fraction of sp³-hybridized carbons (Fsp3) is 0.750. The lowest BCUT2D eigenvalue weighted by molar-refractivity contribution is -0.132. The normalized spacial score (nSPS) is 25.1. The highest BCUT2D eigenvalue weighted by molar-refractivity contribution is 5.78. The highest BCUT2D eigenvalue weighted by atomic mass is 19.3. The van der Waals surface area contributed by atoms with Crippen LogP contribution < -0.4 is 0 Å². The van der Waals surface area contributed by atoms with E-state index in [0.29, 0.717) is 25.9 Å². The van der Waals surface area contributed by atoms with Gasteiger partial charge < -0.3 is 9.88 Å². The van der Waals surface area contributed by atoms with Gasteiger partial charge in [-0.2, -0.15) is 0 Å². The maximum absolute atomic E-state index is 13.4. The Labute approximate surface area is 128 Å². The third-order valence-electron chi connectivity index (χ3n) is 5.61. The van der Waals surface area contributed by atoms with Crippen LogP contribution in [0.1, 0.15) is 49.3 Å². The number of nitrogens with zero attached hydrogens (tertiary/aromatic N) is 2. The third-order valence-corrected chi connectivity index (χ3v) is 5.61. The molecule has 0 atom stereocenters. The van der Waals surface area contributed by atoms with Gasteiger partial charge in [-0.15, -0.1) is 0 Å².